The van der Waals surface area contributed by atoms with E-state index in [1.165, 1.54) is 13.8 Å². The Morgan fingerprint density at radius 3 is 1.83 bits per heavy atom. The quantitative estimate of drug-likeness (QED) is 0.0572. The van der Waals surface area contributed by atoms with Crippen molar-refractivity contribution in [2.75, 3.05) is 19.8 Å². The summed E-state index contributed by atoms with van der Waals surface area (Å²) in [6, 6.07) is 0. The molecular formula is C60H94O26. The molecule has 10 rings (SSSR count). The molecule has 32 atom stereocenters. The minimum absolute atomic E-state index is 0.153. The second-order valence-electron chi connectivity index (χ2n) is 27.8. The Bertz CT molecular complexity index is 2470. The Morgan fingerprint density at radius 1 is 0.593 bits per heavy atom. The Morgan fingerprint density at radius 2 is 1.19 bits per heavy atom. The number of allylic oxidation sites excluding steroid dienone is 3. The van der Waals surface area contributed by atoms with Crippen molar-refractivity contribution >= 4 is 11.9 Å². The standard InChI is InChI=1S/C60H94O26/c1-24-12-17-60(55(75)86-53-46(73)42(69)39(66)31(81-53)22-78-50-47(74)43(70)48(32(82-50)23-76-27(4)61)84-51-44(71)40(67)36(63)25(2)79-51)19-18-58(8)28(29(60)20-24)10-11-34-57(7)15-14-35(56(5,6)33(57)13-16-59(34,58)9)83-54-49(38(65)30(62)21-77-54)85-52-45(72)41(68)37(64)26(3)80-52/h10,25-26,29-54,62-74H,1,11-23H2,2-9H3. The first kappa shape index (κ1) is 66.5. The van der Waals surface area contributed by atoms with E-state index >= 15 is 4.79 Å². The highest BCUT2D eigenvalue weighted by atomic mass is 16.8. The predicted octanol–water partition coefficient (Wildman–Crippen LogP) is -1.42. The molecule has 13 N–H and O–H groups in total. The van der Waals surface area contributed by atoms with E-state index in [-0.39, 0.29) is 46.7 Å². The lowest BCUT2D eigenvalue weighted by Crippen LogP contribution is -2.66. The van der Waals surface area contributed by atoms with E-state index in [4.69, 9.17) is 52.1 Å². The molecule has 4 saturated carbocycles. The summed E-state index contributed by atoms with van der Waals surface area (Å²) in [4.78, 5) is 27.1. The summed E-state index contributed by atoms with van der Waals surface area (Å²) in [7, 11) is 0. The zero-order valence-electron chi connectivity index (χ0n) is 50.3. The third kappa shape index (κ3) is 11.4. The van der Waals surface area contributed by atoms with Gasteiger partial charge in [-0.2, -0.15) is 0 Å². The molecule has 490 valence electrons. The molecule has 0 bridgehead atoms. The van der Waals surface area contributed by atoms with Crippen LogP contribution in [0.1, 0.15) is 120 Å². The Kier molecular flexibility index (Phi) is 19.2. The van der Waals surface area contributed by atoms with Crippen LogP contribution < -0.4 is 0 Å². The molecule has 0 radical (unpaired) electrons. The van der Waals surface area contributed by atoms with Crippen LogP contribution in [0.2, 0.25) is 0 Å². The highest BCUT2D eigenvalue weighted by Crippen LogP contribution is 2.75. The second kappa shape index (κ2) is 24.9. The monoisotopic (exact) mass is 1230 g/mol. The Labute approximate surface area is 500 Å². The average Bonchev–Trinajstić information content (AvgIpc) is 0.686. The molecule has 86 heavy (non-hydrogen) atoms. The van der Waals surface area contributed by atoms with Crippen LogP contribution in [0, 0.1) is 44.8 Å². The number of carbonyl (C=O) groups excluding carboxylic acids is 2. The summed E-state index contributed by atoms with van der Waals surface area (Å²) in [6.45, 7) is 18.5. The highest BCUT2D eigenvalue weighted by Gasteiger charge is 2.70. The van der Waals surface area contributed by atoms with Gasteiger partial charge in [-0.1, -0.05) is 58.4 Å². The van der Waals surface area contributed by atoms with Crippen LogP contribution in [0.3, 0.4) is 0 Å². The van der Waals surface area contributed by atoms with Crippen LogP contribution in [0.4, 0.5) is 0 Å². The van der Waals surface area contributed by atoms with Gasteiger partial charge in [-0.3, -0.25) is 9.59 Å². The van der Waals surface area contributed by atoms with Crippen molar-refractivity contribution in [3.8, 4) is 0 Å². The largest absolute Gasteiger partial charge is 0.463 e. The Balaban J connectivity index is 0.821. The summed E-state index contributed by atoms with van der Waals surface area (Å²) >= 11 is 0. The van der Waals surface area contributed by atoms with Crippen molar-refractivity contribution < 1.29 is 128 Å². The lowest BCUT2D eigenvalue weighted by molar-refractivity contribution is -0.364. The first-order chi connectivity index (χ1) is 40.3. The number of fused-ring (bicyclic) bond motifs is 7. The summed E-state index contributed by atoms with van der Waals surface area (Å²) in [5.74, 6) is -1.36. The van der Waals surface area contributed by atoms with Gasteiger partial charge < -0.3 is 118 Å². The highest BCUT2D eigenvalue weighted by molar-refractivity contribution is 5.79. The lowest BCUT2D eigenvalue weighted by Gasteiger charge is -2.71. The van der Waals surface area contributed by atoms with Crippen LogP contribution >= 0.6 is 0 Å². The molecule has 0 amide bonds. The maximum absolute atomic E-state index is 15.2. The number of rotatable bonds is 13. The second-order valence-corrected chi connectivity index (χ2v) is 27.8. The SMILES string of the molecule is C=C1CCC2(C(=O)OC3OC(COC4OC(COC(C)=O)C(OC5OC(C)C(O)C(O)C5O)C(O)C4O)C(O)C(O)C3O)CCC3(C)C(=CCC4C5(C)CCC(OC6OCC(O)C(O)C6OC6OC(C)C(O)C(O)C6O)C(C)(C)C5CCC43C)C2C1. The van der Waals surface area contributed by atoms with E-state index in [2.05, 4.69) is 47.3 Å². The summed E-state index contributed by atoms with van der Waals surface area (Å²) in [5, 5.41) is 141. The molecular weight excluding hydrogens is 1140 g/mol. The molecule has 32 unspecified atom stereocenters. The molecule has 0 aromatic rings. The number of hydrogen-bond donors (Lipinski definition) is 13. The van der Waals surface area contributed by atoms with E-state index in [0.717, 1.165) is 43.8 Å². The fourth-order valence-electron chi connectivity index (χ4n) is 17.3. The van der Waals surface area contributed by atoms with Gasteiger partial charge in [0, 0.05) is 12.8 Å². The third-order valence-electron chi connectivity index (χ3n) is 22.7. The van der Waals surface area contributed by atoms with Crippen LogP contribution in [0.5, 0.6) is 0 Å². The molecule has 0 spiro atoms. The number of aliphatic hydroxyl groups excluding tert-OH is 13. The van der Waals surface area contributed by atoms with Gasteiger partial charge in [-0.25, -0.2) is 0 Å². The first-order valence-corrected chi connectivity index (χ1v) is 30.7. The number of ether oxygens (including phenoxy) is 11. The molecule has 10 aliphatic rings. The summed E-state index contributed by atoms with van der Waals surface area (Å²) < 4.78 is 65.1. The predicted molar refractivity (Wildman–Crippen MR) is 292 cm³/mol. The number of esters is 2. The molecule has 26 nitrogen and oxygen atoms in total. The van der Waals surface area contributed by atoms with Gasteiger partial charge in [0.05, 0.1) is 36.9 Å². The number of carbonyl (C=O) groups is 2. The normalized spacial score (nSPS) is 52.9. The molecule has 9 fully saturated rings. The molecule has 5 aliphatic carbocycles. The van der Waals surface area contributed by atoms with E-state index in [9.17, 15) is 71.2 Å². The topological polar surface area (TPSA) is 399 Å². The van der Waals surface area contributed by atoms with Gasteiger partial charge in [0.25, 0.3) is 0 Å². The van der Waals surface area contributed by atoms with Gasteiger partial charge >= 0.3 is 11.9 Å². The van der Waals surface area contributed by atoms with Gasteiger partial charge in [-0.15, -0.1) is 0 Å². The minimum atomic E-state index is -1.92. The minimum Gasteiger partial charge on any atom is -0.463 e. The van der Waals surface area contributed by atoms with E-state index in [0.29, 0.717) is 38.5 Å². The fraction of sp³-hybridized carbons (Fsp3) is 0.900. The first-order valence-electron chi connectivity index (χ1n) is 30.7. The van der Waals surface area contributed by atoms with Crippen LogP contribution in [0.15, 0.2) is 23.8 Å². The van der Waals surface area contributed by atoms with Gasteiger partial charge in [0.15, 0.2) is 25.2 Å². The molecule has 26 heteroatoms. The smallest absolute Gasteiger partial charge is 0.315 e. The number of aliphatic hydroxyl groups is 13. The van der Waals surface area contributed by atoms with E-state index in [1.54, 1.807) is 0 Å². The van der Waals surface area contributed by atoms with Gasteiger partial charge in [0.2, 0.25) is 6.29 Å². The molecule has 5 heterocycles. The van der Waals surface area contributed by atoms with E-state index in [1.807, 2.05) is 0 Å². The van der Waals surface area contributed by atoms with Gasteiger partial charge in [-0.05, 0) is 112 Å². The fourth-order valence-corrected chi connectivity index (χ4v) is 17.3. The third-order valence-corrected chi connectivity index (χ3v) is 22.7. The lowest BCUT2D eigenvalue weighted by atomic mass is 9.34. The average molecular weight is 1230 g/mol. The van der Waals surface area contributed by atoms with Crippen molar-refractivity contribution in [3.05, 3.63) is 23.8 Å². The maximum atomic E-state index is 15.2. The van der Waals surface area contributed by atoms with Gasteiger partial charge in [0.1, 0.15) is 110 Å². The van der Waals surface area contributed by atoms with Crippen molar-refractivity contribution in [1.29, 1.82) is 0 Å². The van der Waals surface area contributed by atoms with Crippen LogP contribution in [0.25, 0.3) is 0 Å². The van der Waals surface area contributed by atoms with Crippen molar-refractivity contribution in [2.24, 2.45) is 44.8 Å². The molecule has 5 saturated heterocycles. The van der Waals surface area contributed by atoms with Crippen molar-refractivity contribution in [3.63, 3.8) is 0 Å². The molecule has 5 aliphatic heterocycles. The zero-order chi connectivity index (χ0) is 62.7. The maximum Gasteiger partial charge on any atom is 0.315 e. The molecule has 0 aromatic heterocycles. The van der Waals surface area contributed by atoms with E-state index < -0.39 is 183 Å². The number of hydrogen-bond acceptors (Lipinski definition) is 26. The summed E-state index contributed by atoms with van der Waals surface area (Å²) in [5.41, 5.74) is -0.190. The van der Waals surface area contributed by atoms with Crippen LogP contribution in [-0.4, -0.2) is 252 Å². The van der Waals surface area contributed by atoms with Crippen molar-refractivity contribution in [2.45, 2.75) is 273 Å². The zero-order valence-corrected chi connectivity index (χ0v) is 50.3. The Hall–Kier alpha value is -2.46. The van der Waals surface area contributed by atoms with Crippen molar-refractivity contribution in [1.82, 2.24) is 0 Å². The molecule has 0 aromatic carbocycles. The summed E-state index contributed by atoms with van der Waals surface area (Å²) in [6.07, 6.45) is -29.1. The van der Waals surface area contributed by atoms with Crippen LogP contribution in [-0.2, 0) is 61.7 Å².